The standard InChI is InChI=1S/C32H31FN4O5/c33-26-16-23(19-38)8-9-27(26)36-14-12-35(13-15-36)17-21-4-6-22(7-5-21)20-42-29-3-1-2-24-25(29)18-37(32(24)41)28-10-11-30(39)34-31(28)40/h1-9,16,19,28H,10-15,17-18,20H2,(H,34,39,40)/t28-/m0/s1. The zero-order valence-electron chi connectivity index (χ0n) is 23.1. The first-order valence-electron chi connectivity index (χ1n) is 14.1. The molecule has 0 saturated carbocycles. The number of fused-ring (bicyclic) bond motifs is 1. The van der Waals surface area contributed by atoms with E-state index < -0.39 is 11.9 Å². The number of nitrogens with zero attached hydrogens (tertiary/aromatic N) is 3. The summed E-state index contributed by atoms with van der Waals surface area (Å²) in [6, 6.07) is 17.5. The van der Waals surface area contributed by atoms with Crippen molar-refractivity contribution in [3.05, 3.63) is 94.3 Å². The number of imide groups is 1. The van der Waals surface area contributed by atoms with Gasteiger partial charge in [0.2, 0.25) is 11.8 Å². The predicted molar refractivity (Wildman–Crippen MR) is 153 cm³/mol. The Hall–Kier alpha value is -4.57. The lowest BCUT2D eigenvalue weighted by Gasteiger charge is -2.36. The van der Waals surface area contributed by atoms with E-state index in [1.165, 1.54) is 16.5 Å². The minimum absolute atomic E-state index is 0.212. The molecular formula is C32H31FN4O5. The SMILES string of the molecule is O=Cc1ccc(N2CCN(Cc3ccc(COc4cccc5c4CN([C@H]4CCC(=O)NC4=O)C5=O)cc3)CC2)c(F)c1. The van der Waals surface area contributed by atoms with E-state index in [0.717, 1.165) is 30.8 Å². The Morgan fingerprint density at radius 3 is 2.43 bits per heavy atom. The number of piperidine rings is 1. The number of benzene rings is 3. The lowest BCUT2D eigenvalue weighted by molar-refractivity contribution is -0.136. The first-order chi connectivity index (χ1) is 20.4. The van der Waals surface area contributed by atoms with Gasteiger partial charge in [-0.25, -0.2) is 4.39 Å². The summed E-state index contributed by atoms with van der Waals surface area (Å²) in [4.78, 5) is 53.7. The van der Waals surface area contributed by atoms with E-state index in [1.54, 1.807) is 24.3 Å². The Kier molecular flexibility index (Phi) is 7.71. The molecule has 3 amide bonds. The molecule has 6 rings (SSSR count). The van der Waals surface area contributed by atoms with Gasteiger partial charge in [0, 0.05) is 55.8 Å². The van der Waals surface area contributed by atoms with Crippen molar-refractivity contribution in [2.45, 2.75) is 38.6 Å². The van der Waals surface area contributed by atoms with Crippen molar-refractivity contribution >= 4 is 29.7 Å². The van der Waals surface area contributed by atoms with E-state index in [2.05, 4.69) is 22.3 Å². The Morgan fingerprint density at radius 1 is 0.952 bits per heavy atom. The van der Waals surface area contributed by atoms with Gasteiger partial charge in [-0.05, 0) is 47.9 Å². The maximum absolute atomic E-state index is 14.4. The fraction of sp³-hybridized carbons (Fsp3) is 0.312. The second-order valence-electron chi connectivity index (χ2n) is 10.9. The van der Waals surface area contributed by atoms with Crippen LogP contribution in [0, 0.1) is 5.82 Å². The van der Waals surface area contributed by atoms with Crippen molar-refractivity contribution < 1.29 is 28.3 Å². The third kappa shape index (κ3) is 5.62. The van der Waals surface area contributed by atoms with Crippen LogP contribution in [0.25, 0.3) is 0 Å². The number of ether oxygens (including phenoxy) is 1. The van der Waals surface area contributed by atoms with E-state index in [-0.39, 0.29) is 30.6 Å². The highest BCUT2D eigenvalue weighted by Gasteiger charge is 2.40. The van der Waals surface area contributed by atoms with Gasteiger partial charge >= 0.3 is 0 Å². The number of carbonyl (C=O) groups excluding carboxylic acids is 4. The number of halogens is 1. The number of carbonyl (C=O) groups is 4. The summed E-state index contributed by atoms with van der Waals surface area (Å²) in [5.74, 6) is -0.736. The molecule has 1 atom stereocenters. The minimum Gasteiger partial charge on any atom is -0.489 e. The second kappa shape index (κ2) is 11.7. The predicted octanol–water partition coefficient (Wildman–Crippen LogP) is 3.30. The molecule has 0 radical (unpaired) electrons. The molecule has 3 aliphatic heterocycles. The molecule has 216 valence electrons. The number of aldehydes is 1. The molecule has 9 nitrogen and oxygen atoms in total. The van der Waals surface area contributed by atoms with E-state index in [4.69, 9.17) is 4.74 Å². The highest BCUT2D eigenvalue weighted by molar-refractivity contribution is 6.05. The van der Waals surface area contributed by atoms with Gasteiger partial charge in [0.1, 0.15) is 30.5 Å². The summed E-state index contributed by atoms with van der Waals surface area (Å²) in [6.07, 6.45) is 1.18. The normalized spacial score (nSPS) is 19.1. The van der Waals surface area contributed by atoms with Gasteiger partial charge in [-0.3, -0.25) is 29.4 Å². The van der Waals surface area contributed by atoms with Crippen molar-refractivity contribution in [2.24, 2.45) is 0 Å². The molecule has 3 aromatic carbocycles. The van der Waals surface area contributed by atoms with Gasteiger partial charge < -0.3 is 14.5 Å². The number of nitrogens with one attached hydrogen (secondary N) is 1. The van der Waals surface area contributed by atoms with Crippen LogP contribution in [0.1, 0.15) is 50.2 Å². The Bertz CT molecular complexity index is 1530. The topological polar surface area (TPSA) is 99.3 Å². The third-order valence-electron chi connectivity index (χ3n) is 8.18. The molecule has 3 aliphatic rings. The van der Waals surface area contributed by atoms with Crippen molar-refractivity contribution in [1.82, 2.24) is 15.1 Å². The highest BCUT2D eigenvalue weighted by Crippen LogP contribution is 2.34. The quantitative estimate of drug-likeness (QED) is 0.328. The molecular weight excluding hydrogens is 539 g/mol. The maximum Gasteiger partial charge on any atom is 0.255 e. The molecule has 1 N–H and O–H groups in total. The molecule has 0 aliphatic carbocycles. The Morgan fingerprint density at radius 2 is 1.71 bits per heavy atom. The zero-order valence-corrected chi connectivity index (χ0v) is 23.1. The first kappa shape index (κ1) is 27.6. The summed E-state index contributed by atoms with van der Waals surface area (Å²) >= 11 is 0. The highest BCUT2D eigenvalue weighted by atomic mass is 19.1. The number of piperazine rings is 1. The maximum atomic E-state index is 14.4. The Labute approximate surface area is 242 Å². The van der Waals surface area contributed by atoms with E-state index in [0.29, 0.717) is 55.0 Å². The van der Waals surface area contributed by atoms with Crippen LogP contribution in [-0.2, 0) is 29.3 Å². The van der Waals surface area contributed by atoms with Crippen LogP contribution in [-0.4, -0.2) is 66.0 Å². The average molecular weight is 571 g/mol. The molecule has 2 fully saturated rings. The van der Waals surface area contributed by atoms with Crippen LogP contribution >= 0.6 is 0 Å². The molecule has 0 bridgehead atoms. The van der Waals surface area contributed by atoms with Crippen LogP contribution in [0.3, 0.4) is 0 Å². The molecule has 42 heavy (non-hydrogen) atoms. The van der Waals surface area contributed by atoms with Gasteiger partial charge in [-0.2, -0.15) is 0 Å². The smallest absolute Gasteiger partial charge is 0.255 e. The second-order valence-corrected chi connectivity index (χ2v) is 10.9. The largest absolute Gasteiger partial charge is 0.489 e. The van der Waals surface area contributed by atoms with Gasteiger partial charge in [0.05, 0.1) is 12.2 Å². The van der Waals surface area contributed by atoms with Gasteiger partial charge in [-0.1, -0.05) is 30.3 Å². The van der Waals surface area contributed by atoms with Gasteiger partial charge in [-0.15, -0.1) is 0 Å². The number of anilines is 1. The number of hydrogen-bond acceptors (Lipinski definition) is 7. The summed E-state index contributed by atoms with van der Waals surface area (Å²) in [5.41, 5.74) is 4.29. The van der Waals surface area contributed by atoms with Gasteiger partial charge in [0.15, 0.2) is 0 Å². The summed E-state index contributed by atoms with van der Waals surface area (Å²) < 4.78 is 20.5. The molecule has 2 saturated heterocycles. The van der Waals surface area contributed by atoms with Crippen molar-refractivity contribution in [1.29, 1.82) is 0 Å². The van der Waals surface area contributed by atoms with E-state index in [1.807, 2.05) is 23.1 Å². The zero-order chi connectivity index (χ0) is 29.2. The average Bonchev–Trinajstić information content (AvgIpc) is 3.33. The van der Waals surface area contributed by atoms with Crippen molar-refractivity contribution in [3.63, 3.8) is 0 Å². The van der Waals surface area contributed by atoms with E-state index in [9.17, 15) is 23.6 Å². The van der Waals surface area contributed by atoms with Crippen molar-refractivity contribution in [2.75, 3.05) is 31.1 Å². The summed E-state index contributed by atoms with van der Waals surface area (Å²) in [5, 5.41) is 2.33. The number of amides is 3. The lowest BCUT2D eigenvalue weighted by Crippen LogP contribution is -2.52. The molecule has 0 spiro atoms. The number of rotatable bonds is 8. The Balaban J connectivity index is 1.02. The van der Waals surface area contributed by atoms with Crippen molar-refractivity contribution in [3.8, 4) is 5.75 Å². The minimum atomic E-state index is -0.665. The van der Waals surface area contributed by atoms with Crippen LogP contribution in [0.15, 0.2) is 60.7 Å². The number of hydrogen-bond donors (Lipinski definition) is 1. The van der Waals surface area contributed by atoms with E-state index >= 15 is 0 Å². The summed E-state index contributed by atoms with van der Waals surface area (Å²) in [6.45, 7) is 4.38. The third-order valence-corrected chi connectivity index (χ3v) is 8.18. The van der Waals surface area contributed by atoms with Crippen LogP contribution in [0.5, 0.6) is 5.75 Å². The molecule has 3 heterocycles. The fourth-order valence-electron chi connectivity index (χ4n) is 5.85. The van der Waals surface area contributed by atoms with Crippen LogP contribution in [0.2, 0.25) is 0 Å². The molecule has 0 unspecified atom stereocenters. The molecule has 3 aromatic rings. The van der Waals surface area contributed by atoms with Crippen LogP contribution in [0.4, 0.5) is 10.1 Å². The molecule has 10 heteroatoms. The monoisotopic (exact) mass is 570 g/mol. The van der Waals surface area contributed by atoms with Crippen LogP contribution < -0.4 is 15.0 Å². The van der Waals surface area contributed by atoms with Gasteiger partial charge in [0.25, 0.3) is 5.91 Å². The fourth-order valence-corrected chi connectivity index (χ4v) is 5.85. The summed E-state index contributed by atoms with van der Waals surface area (Å²) in [7, 11) is 0. The lowest BCUT2D eigenvalue weighted by atomic mass is 10.0. The molecule has 0 aromatic heterocycles. The first-order valence-corrected chi connectivity index (χ1v) is 14.1.